The lowest BCUT2D eigenvalue weighted by Crippen LogP contribution is -2.30. The fourth-order valence-corrected chi connectivity index (χ4v) is 4.83. The Kier molecular flexibility index (Phi) is 7.64. The summed E-state index contributed by atoms with van der Waals surface area (Å²) in [6.07, 6.45) is -0.311. The second kappa shape index (κ2) is 10.6. The molecule has 1 aliphatic rings. The van der Waals surface area contributed by atoms with Gasteiger partial charge in [-0.15, -0.1) is 0 Å². The zero-order chi connectivity index (χ0) is 28.5. The number of anilines is 2. The molecule has 0 aromatic heterocycles. The van der Waals surface area contributed by atoms with Crippen molar-refractivity contribution in [2.45, 2.75) is 65.2 Å². The molecule has 39 heavy (non-hydrogen) atoms. The standard InChI is InChI=1S/C32H38N2O5/c1-31(2,3)38-28(35)18-20-9-15-24-25-16-12-22(33-30(36)39-32(4,5)6)19-27(25)34(7)29(26(24)17-20)21-10-13-23(37-8)14-11-21/h9-17,19,29H,18H2,1-8H3,(H,33,36)/i8-1. The predicted octanol–water partition coefficient (Wildman–Crippen LogP) is 7.13. The average Bonchev–Trinajstić information content (AvgIpc) is 2.82. The quantitative estimate of drug-likeness (QED) is 0.354. The van der Waals surface area contributed by atoms with Crippen LogP contribution in [-0.2, 0) is 20.7 Å². The third-order valence-corrected chi connectivity index (χ3v) is 6.31. The summed E-state index contributed by atoms with van der Waals surface area (Å²) in [7, 11) is 3.68. The fourth-order valence-electron chi connectivity index (χ4n) is 4.83. The highest BCUT2D eigenvalue weighted by atomic mass is 16.6. The normalized spacial score (nSPS) is 14.7. The molecule has 3 aromatic carbocycles. The number of esters is 1. The lowest BCUT2D eigenvalue weighted by Gasteiger charge is -2.38. The van der Waals surface area contributed by atoms with Gasteiger partial charge in [0.2, 0.25) is 0 Å². The third-order valence-electron chi connectivity index (χ3n) is 6.31. The maximum atomic E-state index is 12.6. The van der Waals surface area contributed by atoms with E-state index in [0.717, 1.165) is 39.3 Å². The van der Waals surface area contributed by atoms with Crippen molar-refractivity contribution in [1.82, 2.24) is 0 Å². The molecule has 1 amide bonds. The first-order chi connectivity index (χ1) is 18.2. The van der Waals surface area contributed by atoms with Crippen LogP contribution in [0.15, 0.2) is 60.7 Å². The summed E-state index contributed by atoms with van der Waals surface area (Å²) in [5.41, 5.74) is 5.64. The van der Waals surface area contributed by atoms with Gasteiger partial charge in [-0.25, -0.2) is 4.79 Å². The van der Waals surface area contributed by atoms with Crippen molar-refractivity contribution in [3.05, 3.63) is 77.4 Å². The fraction of sp³-hybridized carbons (Fsp3) is 0.375. The summed E-state index contributed by atoms with van der Waals surface area (Å²) < 4.78 is 16.4. The lowest BCUT2D eigenvalue weighted by atomic mass is 9.84. The molecule has 0 bridgehead atoms. The number of hydrogen-bond donors (Lipinski definition) is 1. The van der Waals surface area contributed by atoms with Crippen LogP contribution >= 0.6 is 0 Å². The van der Waals surface area contributed by atoms with Crippen LogP contribution < -0.4 is 15.0 Å². The first-order valence-corrected chi connectivity index (χ1v) is 13.1. The molecule has 1 heterocycles. The summed E-state index contributed by atoms with van der Waals surface area (Å²) >= 11 is 0. The number of ether oxygens (including phenoxy) is 3. The monoisotopic (exact) mass is 529 g/mol. The first-order valence-electron chi connectivity index (χ1n) is 13.1. The molecular formula is C32H38N2O5. The molecule has 0 saturated carbocycles. The Balaban J connectivity index is 1.76. The van der Waals surface area contributed by atoms with Crippen LogP contribution in [0.25, 0.3) is 11.1 Å². The lowest BCUT2D eigenvalue weighted by molar-refractivity contribution is -0.153. The van der Waals surface area contributed by atoms with Gasteiger partial charge in [-0.2, -0.15) is 0 Å². The maximum absolute atomic E-state index is 12.6. The van der Waals surface area contributed by atoms with Gasteiger partial charge in [0.05, 0.1) is 19.6 Å². The largest absolute Gasteiger partial charge is 0.497 e. The molecule has 0 aliphatic carbocycles. The molecule has 1 unspecified atom stereocenters. The summed E-state index contributed by atoms with van der Waals surface area (Å²) in [4.78, 5) is 27.2. The molecule has 206 valence electrons. The minimum Gasteiger partial charge on any atom is -0.497 e. The van der Waals surface area contributed by atoms with Gasteiger partial charge in [0, 0.05) is 24.0 Å². The van der Waals surface area contributed by atoms with E-state index >= 15 is 0 Å². The van der Waals surface area contributed by atoms with Gasteiger partial charge in [0.15, 0.2) is 0 Å². The number of hydrogen-bond acceptors (Lipinski definition) is 6. The van der Waals surface area contributed by atoms with Crippen LogP contribution in [0, 0.1) is 0 Å². The van der Waals surface area contributed by atoms with Gasteiger partial charge in [0.25, 0.3) is 0 Å². The van der Waals surface area contributed by atoms with E-state index in [1.807, 2.05) is 85.0 Å². The van der Waals surface area contributed by atoms with Crippen molar-refractivity contribution < 1.29 is 23.8 Å². The van der Waals surface area contributed by atoms with E-state index in [9.17, 15) is 9.59 Å². The van der Waals surface area contributed by atoms with Gasteiger partial charge in [-0.3, -0.25) is 10.1 Å². The molecule has 7 nitrogen and oxygen atoms in total. The topological polar surface area (TPSA) is 77.1 Å². The van der Waals surface area contributed by atoms with Crippen molar-refractivity contribution in [2.24, 2.45) is 0 Å². The van der Waals surface area contributed by atoms with Crippen molar-refractivity contribution in [3.8, 4) is 16.9 Å². The molecule has 1 N–H and O–H groups in total. The molecule has 1 aliphatic heterocycles. The number of rotatable bonds is 5. The molecule has 0 fully saturated rings. The Labute approximate surface area is 231 Å². The zero-order valence-electron chi connectivity index (χ0n) is 24.0. The molecule has 0 radical (unpaired) electrons. The number of methoxy groups -OCH3 is 1. The molecule has 1 atom stereocenters. The minimum absolute atomic E-state index is 0.131. The molecular weight excluding hydrogens is 491 g/mol. The Morgan fingerprint density at radius 2 is 1.49 bits per heavy atom. The van der Waals surface area contributed by atoms with Crippen LogP contribution in [0.2, 0.25) is 0 Å². The van der Waals surface area contributed by atoms with E-state index in [1.54, 1.807) is 7.11 Å². The van der Waals surface area contributed by atoms with E-state index in [-0.39, 0.29) is 18.4 Å². The first kappa shape index (κ1) is 28.0. The van der Waals surface area contributed by atoms with Gasteiger partial charge < -0.3 is 19.1 Å². The van der Waals surface area contributed by atoms with Crippen molar-refractivity contribution in [1.29, 1.82) is 0 Å². The number of benzene rings is 3. The smallest absolute Gasteiger partial charge is 0.412 e. The summed E-state index contributed by atoms with van der Waals surface area (Å²) in [5, 5.41) is 2.86. The number of fused-ring (bicyclic) bond motifs is 3. The van der Waals surface area contributed by atoms with Crippen molar-refractivity contribution in [3.63, 3.8) is 0 Å². The van der Waals surface area contributed by atoms with Gasteiger partial charge >= 0.3 is 12.1 Å². The number of amides is 1. The summed E-state index contributed by atoms with van der Waals surface area (Å²) in [6, 6.07) is 19.9. The van der Waals surface area contributed by atoms with E-state index in [2.05, 4.69) is 34.5 Å². The second-order valence-electron chi connectivity index (χ2n) is 11.8. The van der Waals surface area contributed by atoms with E-state index in [0.29, 0.717) is 5.69 Å². The number of carbonyl (C=O) groups is 2. The van der Waals surface area contributed by atoms with Crippen molar-refractivity contribution in [2.75, 3.05) is 24.4 Å². The summed E-state index contributed by atoms with van der Waals surface area (Å²) in [5.74, 6) is 0.520. The van der Waals surface area contributed by atoms with E-state index < -0.39 is 17.3 Å². The number of nitrogens with zero attached hydrogens (tertiary/aromatic N) is 1. The van der Waals surface area contributed by atoms with Crippen LogP contribution in [0.3, 0.4) is 0 Å². The number of nitrogens with one attached hydrogen (secondary N) is 1. The second-order valence-corrected chi connectivity index (χ2v) is 11.8. The molecule has 7 heteroatoms. The Morgan fingerprint density at radius 1 is 0.846 bits per heavy atom. The Hall–Kier alpha value is -4.00. The molecule has 4 rings (SSSR count). The van der Waals surface area contributed by atoms with E-state index in [4.69, 9.17) is 14.2 Å². The third kappa shape index (κ3) is 6.72. The highest BCUT2D eigenvalue weighted by Crippen LogP contribution is 2.47. The van der Waals surface area contributed by atoms with Gasteiger partial charge in [-0.05, 0) is 88.1 Å². The van der Waals surface area contributed by atoms with Crippen LogP contribution in [0.1, 0.15) is 64.3 Å². The van der Waals surface area contributed by atoms with Crippen LogP contribution in [0.4, 0.5) is 16.2 Å². The Bertz CT molecular complexity index is 1370. The van der Waals surface area contributed by atoms with Crippen molar-refractivity contribution >= 4 is 23.4 Å². The predicted molar refractivity (Wildman–Crippen MR) is 155 cm³/mol. The number of carbonyl (C=O) groups excluding carboxylic acids is 2. The SMILES string of the molecule is CN1c2cc(NC(=O)OC(C)(C)C)ccc2-c2ccc(CC(=O)OC(C)(C)C)cc2C1c1ccc(O[11CH3])cc1. The van der Waals surface area contributed by atoms with E-state index in [1.165, 1.54) is 0 Å². The maximum Gasteiger partial charge on any atom is 0.412 e. The van der Waals surface area contributed by atoms with Gasteiger partial charge in [0.1, 0.15) is 17.0 Å². The molecule has 0 spiro atoms. The molecule has 0 saturated heterocycles. The summed E-state index contributed by atoms with van der Waals surface area (Å²) in [6.45, 7) is 11.1. The van der Waals surface area contributed by atoms with Crippen LogP contribution in [0.5, 0.6) is 5.75 Å². The van der Waals surface area contributed by atoms with Crippen LogP contribution in [-0.4, -0.2) is 37.4 Å². The minimum atomic E-state index is -0.593. The molecule has 3 aromatic rings. The van der Waals surface area contributed by atoms with Gasteiger partial charge in [-0.1, -0.05) is 36.4 Å². The zero-order valence-corrected chi connectivity index (χ0v) is 24.0. The average molecular weight is 530 g/mol. The highest BCUT2D eigenvalue weighted by Gasteiger charge is 2.31. The highest BCUT2D eigenvalue weighted by molar-refractivity contribution is 5.91. The Morgan fingerprint density at radius 3 is 2.10 bits per heavy atom.